The average Bonchev–Trinajstić information content (AvgIpc) is 3.14. The Bertz CT molecular complexity index is 1000. The minimum Gasteiger partial charge on any atom is -0.406 e. The molecular formula is C22H15F3N2O. The van der Waals surface area contributed by atoms with Gasteiger partial charge < -0.3 is 9.72 Å². The summed E-state index contributed by atoms with van der Waals surface area (Å²) < 4.78 is 41.0. The maximum atomic E-state index is 12.4. The van der Waals surface area contributed by atoms with Gasteiger partial charge in [-0.3, -0.25) is 0 Å². The monoisotopic (exact) mass is 380 g/mol. The van der Waals surface area contributed by atoms with E-state index >= 15 is 0 Å². The summed E-state index contributed by atoms with van der Waals surface area (Å²) in [7, 11) is 0. The first kappa shape index (κ1) is 17.9. The molecule has 0 bridgehead atoms. The van der Waals surface area contributed by atoms with Gasteiger partial charge in [0.2, 0.25) is 0 Å². The van der Waals surface area contributed by atoms with E-state index in [1.165, 1.54) is 12.1 Å². The van der Waals surface area contributed by atoms with Crippen molar-refractivity contribution < 1.29 is 17.9 Å². The topological polar surface area (TPSA) is 37.9 Å². The highest BCUT2D eigenvalue weighted by molar-refractivity contribution is 5.81. The number of benzene rings is 3. The highest BCUT2D eigenvalue weighted by Crippen LogP contribution is 2.33. The second-order valence-electron chi connectivity index (χ2n) is 6.11. The summed E-state index contributed by atoms with van der Waals surface area (Å²) in [6, 6.07) is 25.1. The van der Waals surface area contributed by atoms with Gasteiger partial charge in [-0.1, -0.05) is 60.7 Å². The number of aromatic nitrogens is 2. The van der Waals surface area contributed by atoms with Crippen molar-refractivity contribution in [1.82, 2.24) is 9.97 Å². The average molecular weight is 380 g/mol. The fraction of sp³-hybridized carbons (Fsp3) is 0.0455. The van der Waals surface area contributed by atoms with E-state index in [-0.39, 0.29) is 5.75 Å². The van der Waals surface area contributed by atoms with Crippen LogP contribution in [-0.2, 0) is 0 Å². The molecule has 1 heterocycles. The molecule has 0 atom stereocenters. The maximum Gasteiger partial charge on any atom is 0.573 e. The van der Waals surface area contributed by atoms with Crippen molar-refractivity contribution in [2.75, 3.05) is 0 Å². The van der Waals surface area contributed by atoms with Gasteiger partial charge in [0.15, 0.2) is 0 Å². The SMILES string of the molecule is FC(F)(F)Oc1ccc(-c2nc(-c3ccccc3)c(-c3ccccc3)[nH]2)cc1. The minimum absolute atomic E-state index is 0.269. The van der Waals surface area contributed by atoms with E-state index in [4.69, 9.17) is 4.98 Å². The number of nitrogens with zero attached hydrogens (tertiary/aromatic N) is 1. The van der Waals surface area contributed by atoms with Crippen LogP contribution in [0.2, 0.25) is 0 Å². The van der Waals surface area contributed by atoms with Crippen molar-refractivity contribution in [1.29, 1.82) is 0 Å². The molecule has 0 saturated heterocycles. The summed E-state index contributed by atoms with van der Waals surface area (Å²) >= 11 is 0. The van der Waals surface area contributed by atoms with E-state index in [9.17, 15) is 13.2 Å². The summed E-state index contributed by atoms with van der Waals surface area (Å²) in [4.78, 5) is 8.02. The number of aromatic amines is 1. The fourth-order valence-electron chi connectivity index (χ4n) is 2.94. The fourth-order valence-corrected chi connectivity index (χ4v) is 2.94. The number of ether oxygens (including phenoxy) is 1. The third kappa shape index (κ3) is 3.91. The molecule has 3 nitrogen and oxygen atoms in total. The van der Waals surface area contributed by atoms with Crippen LogP contribution in [0.1, 0.15) is 0 Å². The maximum absolute atomic E-state index is 12.4. The van der Waals surface area contributed by atoms with Crippen molar-refractivity contribution in [2.45, 2.75) is 6.36 Å². The van der Waals surface area contributed by atoms with Gasteiger partial charge in [0.1, 0.15) is 11.6 Å². The van der Waals surface area contributed by atoms with Crippen molar-refractivity contribution >= 4 is 0 Å². The number of imidazole rings is 1. The van der Waals surface area contributed by atoms with Gasteiger partial charge >= 0.3 is 6.36 Å². The molecular weight excluding hydrogens is 365 g/mol. The van der Waals surface area contributed by atoms with Crippen molar-refractivity contribution in [2.24, 2.45) is 0 Å². The van der Waals surface area contributed by atoms with Crippen molar-refractivity contribution in [3.63, 3.8) is 0 Å². The summed E-state index contributed by atoms with van der Waals surface area (Å²) in [5, 5.41) is 0. The molecule has 1 N–H and O–H groups in total. The zero-order valence-corrected chi connectivity index (χ0v) is 14.6. The molecule has 140 valence electrons. The largest absolute Gasteiger partial charge is 0.573 e. The number of nitrogens with one attached hydrogen (secondary N) is 1. The lowest BCUT2D eigenvalue weighted by molar-refractivity contribution is -0.274. The summed E-state index contributed by atoms with van der Waals surface area (Å²) in [5.41, 5.74) is 4.20. The molecule has 3 aromatic carbocycles. The van der Waals surface area contributed by atoms with Crippen LogP contribution in [0.3, 0.4) is 0 Å². The number of rotatable bonds is 4. The lowest BCUT2D eigenvalue weighted by atomic mass is 10.1. The van der Waals surface area contributed by atoms with E-state index in [0.717, 1.165) is 22.5 Å². The van der Waals surface area contributed by atoms with Gasteiger partial charge in [-0.05, 0) is 24.3 Å². The predicted octanol–water partition coefficient (Wildman–Crippen LogP) is 6.31. The molecule has 0 saturated carbocycles. The van der Waals surface area contributed by atoms with Gasteiger partial charge in [-0.25, -0.2) is 4.98 Å². The van der Waals surface area contributed by atoms with E-state index in [1.807, 2.05) is 60.7 Å². The third-order valence-electron chi connectivity index (χ3n) is 4.17. The summed E-state index contributed by atoms with van der Waals surface area (Å²) in [5.74, 6) is 0.297. The lowest BCUT2D eigenvalue weighted by Crippen LogP contribution is -2.16. The van der Waals surface area contributed by atoms with Crippen LogP contribution in [0.5, 0.6) is 5.75 Å². The Kier molecular flexibility index (Phi) is 4.61. The highest BCUT2D eigenvalue weighted by Gasteiger charge is 2.31. The Labute approximate surface area is 159 Å². The van der Waals surface area contributed by atoms with Gasteiger partial charge in [0, 0.05) is 16.7 Å². The van der Waals surface area contributed by atoms with Crippen molar-refractivity contribution in [3.8, 4) is 39.7 Å². The molecule has 0 spiro atoms. The van der Waals surface area contributed by atoms with Gasteiger partial charge in [0.05, 0.1) is 11.4 Å². The molecule has 0 fully saturated rings. The Morgan fingerprint density at radius 2 is 1.25 bits per heavy atom. The van der Waals surface area contributed by atoms with Crippen LogP contribution >= 0.6 is 0 Å². The number of H-pyrrole nitrogens is 1. The van der Waals surface area contributed by atoms with Gasteiger partial charge in [-0.2, -0.15) is 0 Å². The van der Waals surface area contributed by atoms with E-state index < -0.39 is 6.36 Å². The second kappa shape index (κ2) is 7.23. The van der Waals surface area contributed by atoms with Crippen LogP contribution in [0, 0.1) is 0 Å². The number of hydrogen-bond acceptors (Lipinski definition) is 2. The molecule has 0 amide bonds. The lowest BCUT2D eigenvalue weighted by Gasteiger charge is -2.08. The van der Waals surface area contributed by atoms with Crippen LogP contribution in [0.15, 0.2) is 84.9 Å². The Balaban J connectivity index is 1.76. The second-order valence-corrected chi connectivity index (χ2v) is 6.11. The minimum atomic E-state index is -4.72. The Morgan fingerprint density at radius 1 is 0.679 bits per heavy atom. The smallest absolute Gasteiger partial charge is 0.406 e. The van der Waals surface area contributed by atoms with Crippen LogP contribution in [-0.4, -0.2) is 16.3 Å². The predicted molar refractivity (Wildman–Crippen MR) is 102 cm³/mol. The number of hydrogen-bond donors (Lipinski definition) is 1. The highest BCUT2D eigenvalue weighted by atomic mass is 19.4. The molecule has 0 aliphatic heterocycles. The van der Waals surface area contributed by atoms with Crippen LogP contribution < -0.4 is 4.74 Å². The Morgan fingerprint density at radius 3 is 1.82 bits per heavy atom. The molecule has 1 aromatic heterocycles. The van der Waals surface area contributed by atoms with Gasteiger partial charge in [-0.15, -0.1) is 13.2 Å². The van der Waals surface area contributed by atoms with Crippen molar-refractivity contribution in [3.05, 3.63) is 84.9 Å². The van der Waals surface area contributed by atoms with Gasteiger partial charge in [0.25, 0.3) is 0 Å². The standard InChI is InChI=1S/C22H15F3N2O/c23-22(24,25)28-18-13-11-17(12-14-18)21-26-19(15-7-3-1-4-8-15)20(27-21)16-9-5-2-6-10-16/h1-14H,(H,26,27). The molecule has 0 aliphatic rings. The molecule has 0 unspecified atom stereocenters. The number of halogens is 3. The first-order valence-electron chi connectivity index (χ1n) is 8.57. The first-order chi connectivity index (χ1) is 13.5. The summed E-state index contributed by atoms with van der Waals surface area (Å²) in [6.45, 7) is 0. The molecule has 0 radical (unpaired) electrons. The van der Waals surface area contributed by atoms with E-state index in [2.05, 4.69) is 9.72 Å². The molecule has 0 aliphatic carbocycles. The normalized spacial score (nSPS) is 11.4. The number of alkyl halides is 3. The zero-order chi connectivity index (χ0) is 19.6. The van der Waals surface area contributed by atoms with E-state index in [1.54, 1.807) is 12.1 Å². The molecule has 4 aromatic rings. The summed E-state index contributed by atoms with van der Waals surface area (Å²) in [6.07, 6.45) is -4.72. The molecule has 28 heavy (non-hydrogen) atoms. The van der Waals surface area contributed by atoms with E-state index in [0.29, 0.717) is 11.4 Å². The zero-order valence-electron chi connectivity index (χ0n) is 14.6. The quantitative estimate of drug-likeness (QED) is 0.451. The van der Waals surface area contributed by atoms with Crippen LogP contribution in [0.4, 0.5) is 13.2 Å². The molecule has 4 rings (SSSR count). The molecule has 6 heteroatoms. The first-order valence-corrected chi connectivity index (χ1v) is 8.57. The Hall–Kier alpha value is -3.54. The third-order valence-corrected chi connectivity index (χ3v) is 4.17. The van der Waals surface area contributed by atoms with Crippen LogP contribution in [0.25, 0.3) is 33.9 Å².